The molecule has 0 bridgehead atoms. The lowest BCUT2D eigenvalue weighted by atomic mass is 10.3. The number of rotatable bonds is 6. The predicted molar refractivity (Wildman–Crippen MR) is 80.0 cm³/mol. The number of alkyl halides is 2. The van der Waals surface area contributed by atoms with Crippen LogP contribution in [0.1, 0.15) is 0 Å². The van der Waals surface area contributed by atoms with Gasteiger partial charge in [0.15, 0.2) is 0 Å². The average molecular weight is 327 g/mol. The third-order valence-electron chi connectivity index (χ3n) is 2.58. The zero-order valence-electron chi connectivity index (χ0n) is 10.8. The first-order valence-corrected chi connectivity index (χ1v) is 6.86. The van der Waals surface area contributed by atoms with Gasteiger partial charge in [-0.1, -0.05) is 59.6 Å². The average Bonchev–Trinajstić information content (AvgIpc) is 2.49. The first-order chi connectivity index (χ1) is 10.0. The van der Waals surface area contributed by atoms with Crippen LogP contribution in [0.2, 0.25) is 0 Å². The highest BCUT2D eigenvalue weighted by Crippen LogP contribution is 2.31. The normalized spacial score (nSPS) is 14.8. The Morgan fingerprint density at radius 2 is 1.48 bits per heavy atom. The zero-order valence-corrected chi connectivity index (χ0v) is 12.3. The van der Waals surface area contributed by atoms with Crippen LogP contribution in [0.5, 0.6) is 11.5 Å². The molecular formula is C15H12Cl2O4. The summed E-state index contributed by atoms with van der Waals surface area (Å²) in [7, 11) is 0. The molecule has 2 aromatic rings. The summed E-state index contributed by atoms with van der Waals surface area (Å²) in [4.78, 5) is 11.4. The van der Waals surface area contributed by atoms with Gasteiger partial charge in [0.1, 0.15) is 11.5 Å². The van der Waals surface area contributed by atoms with Gasteiger partial charge >= 0.3 is 11.0 Å². The molecule has 6 heteroatoms. The van der Waals surface area contributed by atoms with Gasteiger partial charge < -0.3 is 14.6 Å². The van der Waals surface area contributed by atoms with Gasteiger partial charge in [0.2, 0.25) is 5.56 Å². The van der Waals surface area contributed by atoms with Crippen molar-refractivity contribution in [3.8, 4) is 11.5 Å². The topological polar surface area (TPSA) is 55.8 Å². The molecule has 4 nitrogen and oxygen atoms in total. The molecule has 0 aliphatic rings. The smallest absolute Gasteiger partial charge is 0.369 e. The van der Waals surface area contributed by atoms with Gasteiger partial charge in [0.25, 0.3) is 0 Å². The monoisotopic (exact) mass is 326 g/mol. The minimum Gasteiger partial charge on any atom is -0.477 e. The molecule has 0 spiro atoms. The molecule has 2 rings (SSSR count). The Bertz CT molecular complexity index is 591. The zero-order chi connectivity index (χ0) is 15.3. The van der Waals surface area contributed by atoms with Crippen LogP contribution >= 0.6 is 23.2 Å². The van der Waals surface area contributed by atoms with Gasteiger partial charge in [-0.2, -0.15) is 0 Å². The summed E-state index contributed by atoms with van der Waals surface area (Å²) in [6, 6.07) is 16.8. The number of para-hydroxylation sites is 2. The summed E-state index contributed by atoms with van der Waals surface area (Å²) < 4.78 is 10.6. The fourth-order valence-corrected chi connectivity index (χ4v) is 1.92. The summed E-state index contributed by atoms with van der Waals surface area (Å²) >= 11 is 12.0. The molecule has 21 heavy (non-hydrogen) atoms. The summed E-state index contributed by atoms with van der Waals surface area (Å²) in [5.74, 6) is -0.776. The van der Waals surface area contributed by atoms with Crippen LogP contribution in [-0.2, 0) is 4.79 Å². The number of hydrogen-bond acceptors (Lipinski definition) is 3. The maximum atomic E-state index is 11.4. The third kappa shape index (κ3) is 3.80. The maximum absolute atomic E-state index is 11.4. The van der Waals surface area contributed by atoms with Crippen molar-refractivity contribution in [2.45, 2.75) is 10.6 Å². The molecule has 0 radical (unpaired) electrons. The molecule has 0 aliphatic heterocycles. The Morgan fingerprint density at radius 3 is 1.95 bits per heavy atom. The molecule has 2 atom stereocenters. The van der Waals surface area contributed by atoms with E-state index in [9.17, 15) is 9.90 Å². The molecule has 0 aromatic heterocycles. The number of halogens is 2. The SMILES string of the molecule is O=C(O)C(Cl)(Oc1ccccc1)C(Cl)Oc1ccccc1. The van der Waals surface area contributed by atoms with Crippen LogP contribution in [0.4, 0.5) is 0 Å². The number of carboxylic acid groups (broad SMARTS) is 1. The standard InChI is InChI=1S/C15H12Cl2O4/c16-13(20-11-7-3-1-4-8-11)15(17,14(18)19)21-12-9-5-2-6-10-12/h1-10,13H,(H,18,19). The summed E-state index contributed by atoms with van der Waals surface area (Å²) in [5.41, 5.74) is -1.43. The van der Waals surface area contributed by atoms with Crippen LogP contribution in [0.15, 0.2) is 60.7 Å². The largest absolute Gasteiger partial charge is 0.477 e. The fraction of sp³-hybridized carbons (Fsp3) is 0.133. The van der Waals surface area contributed by atoms with Gasteiger partial charge in [0, 0.05) is 0 Å². The highest BCUT2D eigenvalue weighted by molar-refractivity contribution is 6.38. The number of ether oxygens (including phenoxy) is 2. The Hall–Kier alpha value is -1.91. The number of aliphatic carboxylic acids is 1. The van der Waals surface area contributed by atoms with Gasteiger partial charge in [-0.05, 0) is 24.3 Å². The summed E-state index contributed by atoms with van der Waals surface area (Å²) in [5, 5.41) is 7.07. The highest BCUT2D eigenvalue weighted by Gasteiger charge is 2.48. The molecule has 0 saturated carbocycles. The van der Waals surface area contributed by atoms with Crippen LogP contribution in [0, 0.1) is 0 Å². The molecule has 2 unspecified atom stereocenters. The molecule has 1 N–H and O–H groups in total. The van der Waals surface area contributed by atoms with Crippen LogP contribution < -0.4 is 9.47 Å². The van der Waals surface area contributed by atoms with E-state index >= 15 is 0 Å². The highest BCUT2D eigenvalue weighted by atomic mass is 35.5. The predicted octanol–water partition coefficient (Wildman–Crippen LogP) is 3.73. The van der Waals surface area contributed by atoms with Gasteiger partial charge in [-0.3, -0.25) is 0 Å². The van der Waals surface area contributed by atoms with Crippen LogP contribution in [0.25, 0.3) is 0 Å². The van der Waals surface area contributed by atoms with E-state index < -0.39 is 16.6 Å². The second-order valence-corrected chi connectivity index (χ2v) is 5.07. The number of hydrogen-bond donors (Lipinski definition) is 1. The summed E-state index contributed by atoms with van der Waals surface area (Å²) in [6.07, 6.45) is 0. The second kappa shape index (κ2) is 6.70. The van der Waals surface area contributed by atoms with E-state index in [0.29, 0.717) is 5.75 Å². The van der Waals surface area contributed by atoms with E-state index in [1.54, 1.807) is 60.7 Å². The number of benzene rings is 2. The van der Waals surface area contributed by atoms with Crippen molar-refractivity contribution in [3.05, 3.63) is 60.7 Å². The molecule has 0 saturated heterocycles. The molecule has 110 valence electrons. The van der Waals surface area contributed by atoms with Crippen molar-refractivity contribution in [1.82, 2.24) is 0 Å². The Balaban J connectivity index is 2.19. The van der Waals surface area contributed by atoms with E-state index in [4.69, 9.17) is 32.7 Å². The van der Waals surface area contributed by atoms with E-state index in [1.165, 1.54) is 0 Å². The van der Waals surface area contributed by atoms with Crippen LogP contribution in [0.3, 0.4) is 0 Å². The molecular weight excluding hydrogens is 315 g/mol. The van der Waals surface area contributed by atoms with Crippen molar-refractivity contribution in [2.24, 2.45) is 0 Å². The number of carboxylic acids is 1. The molecule has 2 aromatic carbocycles. The Morgan fingerprint density at radius 1 is 1.00 bits per heavy atom. The lowest BCUT2D eigenvalue weighted by Gasteiger charge is -2.28. The van der Waals surface area contributed by atoms with E-state index in [0.717, 1.165) is 0 Å². The lowest BCUT2D eigenvalue weighted by Crippen LogP contribution is -2.49. The molecule has 0 aliphatic carbocycles. The van der Waals surface area contributed by atoms with Crippen molar-refractivity contribution in [1.29, 1.82) is 0 Å². The van der Waals surface area contributed by atoms with Crippen molar-refractivity contribution in [3.63, 3.8) is 0 Å². The quantitative estimate of drug-likeness (QED) is 0.822. The third-order valence-corrected chi connectivity index (χ3v) is 3.52. The molecule has 0 amide bonds. The first kappa shape index (κ1) is 15.5. The minimum atomic E-state index is -2.25. The molecule has 0 heterocycles. The van der Waals surface area contributed by atoms with Gasteiger partial charge in [-0.15, -0.1) is 0 Å². The van der Waals surface area contributed by atoms with Gasteiger partial charge in [0.05, 0.1) is 0 Å². The lowest BCUT2D eigenvalue weighted by molar-refractivity contribution is -0.151. The second-order valence-electron chi connectivity index (χ2n) is 4.11. The van der Waals surface area contributed by atoms with E-state index in [1.807, 2.05) is 0 Å². The van der Waals surface area contributed by atoms with E-state index in [-0.39, 0.29) is 5.75 Å². The van der Waals surface area contributed by atoms with Crippen LogP contribution in [-0.4, -0.2) is 21.7 Å². The molecule has 0 fully saturated rings. The maximum Gasteiger partial charge on any atom is 0.369 e. The van der Waals surface area contributed by atoms with Crippen molar-refractivity contribution in [2.75, 3.05) is 0 Å². The first-order valence-electron chi connectivity index (χ1n) is 6.04. The van der Waals surface area contributed by atoms with Crippen molar-refractivity contribution < 1.29 is 19.4 Å². The Kier molecular flexibility index (Phi) is 4.94. The number of carbonyl (C=O) groups is 1. The minimum absolute atomic E-state index is 0.275. The van der Waals surface area contributed by atoms with Gasteiger partial charge in [-0.25, -0.2) is 4.79 Å². The summed E-state index contributed by atoms with van der Waals surface area (Å²) in [6.45, 7) is 0. The fourth-order valence-electron chi connectivity index (χ4n) is 1.54. The van der Waals surface area contributed by atoms with E-state index in [2.05, 4.69) is 0 Å². The van der Waals surface area contributed by atoms with Crippen molar-refractivity contribution >= 4 is 29.2 Å². The Labute approximate surface area is 131 Å².